The lowest BCUT2D eigenvalue weighted by Crippen LogP contribution is -1.92. The summed E-state index contributed by atoms with van der Waals surface area (Å²) in [5.41, 5.74) is 4.42. The SMILES string of the molecule is C=C(SC)c1ccc2c(c1)CCCCC2. The Morgan fingerprint density at radius 3 is 2.60 bits per heavy atom. The Bertz CT molecular complexity index is 366. The number of benzene rings is 1. The van der Waals surface area contributed by atoms with Gasteiger partial charge in [-0.15, -0.1) is 11.8 Å². The summed E-state index contributed by atoms with van der Waals surface area (Å²) < 4.78 is 0. The van der Waals surface area contributed by atoms with E-state index in [-0.39, 0.29) is 0 Å². The van der Waals surface area contributed by atoms with Crippen LogP contribution in [0.5, 0.6) is 0 Å². The zero-order valence-corrected chi connectivity index (χ0v) is 10.2. The van der Waals surface area contributed by atoms with E-state index in [1.54, 1.807) is 22.9 Å². The molecule has 1 aliphatic rings. The third-order valence-electron chi connectivity index (χ3n) is 3.17. The molecular formula is C14H18S. The minimum absolute atomic E-state index is 1.18. The van der Waals surface area contributed by atoms with Crippen LogP contribution < -0.4 is 0 Å². The lowest BCUT2D eigenvalue weighted by molar-refractivity contribution is 0.711. The second-order valence-corrected chi connectivity index (χ2v) is 5.07. The van der Waals surface area contributed by atoms with E-state index in [0.29, 0.717) is 0 Å². The number of hydrogen-bond acceptors (Lipinski definition) is 1. The summed E-state index contributed by atoms with van der Waals surface area (Å²) in [6.45, 7) is 4.08. The highest BCUT2D eigenvalue weighted by molar-refractivity contribution is 8.07. The predicted octanol–water partition coefficient (Wildman–Crippen LogP) is 4.29. The molecule has 0 radical (unpaired) electrons. The van der Waals surface area contributed by atoms with Crippen LogP contribution >= 0.6 is 11.8 Å². The van der Waals surface area contributed by atoms with Crippen LogP contribution in [0.25, 0.3) is 4.91 Å². The van der Waals surface area contributed by atoms with Crippen molar-refractivity contribution in [1.29, 1.82) is 0 Å². The first kappa shape index (κ1) is 10.8. The predicted molar refractivity (Wildman–Crippen MR) is 70.3 cm³/mol. The van der Waals surface area contributed by atoms with Gasteiger partial charge in [0.15, 0.2) is 0 Å². The van der Waals surface area contributed by atoms with Crippen molar-refractivity contribution in [3.63, 3.8) is 0 Å². The van der Waals surface area contributed by atoms with Crippen LogP contribution in [0.15, 0.2) is 24.8 Å². The molecule has 1 heteroatoms. The topological polar surface area (TPSA) is 0 Å². The number of thioether (sulfide) groups is 1. The Kier molecular flexibility index (Phi) is 3.53. The molecule has 0 saturated heterocycles. The van der Waals surface area contributed by atoms with Crippen molar-refractivity contribution >= 4 is 16.7 Å². The molecule has 1 aliphatic carbocycles. The fourth-order valence-electron chi connectivity index (χ4n) is 2.20. The second-order valence-electron chi connectivity index (χ2n) is 4.17. The Morgan fingerprint density at radius 2 is 1.87 bits per heavy atom. The van der Waals surface area contributed by atoms with Gasteiger partial charge in [-0.05, 0) is 48.6 Å². The van der Waals surface area contributed by atoms with Crippen molar-refractivity contribution in [2.45, 2.75) is 32.1 Å². The zero-order valence-electron chi connectivity index (χ0n) is 9.38. The van der Waals surface area contributed by atoms with E-state index in [2.05, 4.69) is 31.0 Å². The Balaban J connectivity index is 2.31. The lowest BCUT2D eigenvalue weighted by Gasteiger charge is -2.09. The Morgan fingerprint density at radius 1 is 1.13 bits per heavy atom. The summed E-state index contributed by atoms with van der Waals surface area (Å²) >= 11 is 1.74. The highest BCUT2D eigenvalue weighted by Crippen LogP contribution is 2.28. The van der Waals surface area contributed by atoms with Gasteiger partial charge in [-0.25, -0.2) is 0 Å². The fourth-order valence-corrected chi connectivity index (χ4v) is 2.56. The van der Waals surface area contributed by atoms with Crippen LogP contribution in [0.2, 0.25) is 0 Å². The van der Waals surface area contributed by atoms with Crippen molar-refractivity contribution in [2.24, 2.45) is 0 Å². The minimum atomic E-state index is 1.18. The summed E-state index contributed by atoms with van der Waals surface area (Å²) in [5.74, 6) is 0. The first-order chi connectivity index (χ1) is 7.31. The van der Waals surface area contributed by atoms with E-state index in [0.717, 1.165) is 0 Å². The normalized spacial score (nSPS) is 15.5. The monoisotopic (exact) mass is 218 g/mol. The smallest absolute Gasteiger partial charge is 0.00698 e. The molecule has 0 atom stereocenters. The maximum Gasteiger partial charge on any atom is 0.00698 e. The van der Waals surface area contributed by atoms with E-state index in [1.165, 1.54) is 42.6 Å². The highest BCUT2D eigenvalue weighted by atomic mass is 32.2. The number of fused-ring (bicyclic) bond motifs is 1. The Labute approximate surface area is 96.8 Å². The van der Waals surface area contributed by atoms with Crippen molar-refractivity contribution < 1.29 is 0 Å². The largest absolute Gasteiger partial charge is 0.130 e. The molecule has 0 aliphatic heterocycles. The molecule has 0 heterocycles. The molecule has 0 spiro atoms. The second kappa shape index (κ2) is 4.89. The van der Waals surface area contributed by atoms with E-state index in [1.807, 2.05) is 0 Å². The lowest BCUT2D eigenvalue weighted by atomic mass is 10.00. The number of aryl methyl sites for hydroxylation is 2. The van der Waals surface area contributed by atoms with E-state index < -0.39 is 0 Å². The molecule has 2 rings (SSSR count). The standard InChI is InChI=1S/C14H18S/c1-11(15-2)13-9-8-12-6-4-3-5-7-14(12)10-13/h8-10H,1,3-7H2,2H3. The van der Waals surface area contributed by atoms with Gasteiger partial charge < -0.3 is 0 Å². The van der Waals surface area contributed by atoms with Crippen molar-refractivity contribution in [1.82, 2.24) is 0 Å². The summed E-state index contributed by atoms with van der Waals surface area (Å²) in [6.07, 6.45) is 8.70. The number of hydrogen-bond donors (Lipinski definition) is 0. The van der Waals surface area contributed by atoms with E-state index in [4.69, 9.17) is 0 Å². The summed E-state index contributed by atoms with van der Waals surface area (Å²) in [6, 6.07) is 6.87. The summed E-state index contributed by atoms with van der Waals surface area (Å²) in [4.78, 5) is 1.18. The zero-order chi connectivity index (χ0) is 10.7. The van der Waals surface area contributed by atoms with Gasteiger partial charge in [0.1, 0.15) is 0 Å². The maximum atomic E-state index is 4.08. The first-order valence-electron chi connectivity index (χ1n) is 5.66. The minimum Gasteiger partial charge on any atom is -0.130 e. The molecule has 80 valence electrons. The summed E-state index contributed by atoms with van der Waals surface area (Å²) in [7, 11) is 0. The molecule has 0 saturated carbocycles. The van der Waals surface area contributed by atoms with Gasteiger partial charge in [-0.2, -0.15) is 0 Å². The fraction of sp³-hybridized carbons (Fsp3) is 0.429. The highest BCUT2D eigenvalue weighted by Gasteiger charge is 2.09. The molecule has 0 unspecified atom stereocenters. The van der Waals surface area contributed by atoms with Crippen molar-refractivity contribution in [3.05, 3.63) is 41.5 Å². The van der Waals surface area contributed by atoms with Gasteiger partial charge in [-0.1, -0.05) is 31.2 Å². The maximum absolute atomic E-state index is 4.08. The molecule has 0 bridgehead atoms. The third-order valence-corrected chi connectivity index (χ3v) is 3.90. The molecule has 1 aromatic rings. The van der Waals surface area contributed by atoms with Gasteiger partial charge in [0.25, 0.3) is 0 Å². The van der Waals surface area contributed by atoms with Gasteiger partial charge in [0.05, 0.1) is 0 Å². The molecule has 0 fully saturated rings. The first-order valence-corrected chi connectivity index (χ1v) is 6.89. The summed E-state index contributed by atoms with van der Waals surface area (Å²) in [5, 5.41) is 0. The van der Waals surface area contributed by atoms with E-state index >= 15 is 0 Å². The van der Waals surface area contributed by atoms with Crippen molar-refractivity contribution in [3.8, 4) is 0 Å². The van der Waals surface area contributed by atoms with Gasteiger partial charge in [-0.3, -0.25) is 0 Å². The molecule has 0 aromatic heterocycles. The third kappa shape index (κ3) is 2.46. The van der Waals surface area contributed by atoms with Crippen LogP contribution in [-0.2, 0) is 12.8 Å². The average Bonchev–Trinajstić information content (AvgIpc) is 2.51. The van der Waals surface area contributed by atoms with Gasteiger partial charge in [0.2, 0.25) is 0 Å². The molecule has 0 nitrogen and oxygen atoms in total. The van der Waals surface area contributed by atoms with Crippen molar-refractivity contribution in [2.75, 3.05) is 6.26 Å². The quantitative estimate of drug-likeness (QED) is 0.667. The molecule has 1 aromatic carbocycles. The Hall–Kier alpha value is -0.690. The van der Waals surface area contributed by atoms with E-state index in [9.17, 15) is 0 Å². The van der Waals surface area contributed by atoms with Crippen LogP contribution in [-0.4, -0.2) is 6.26 Å². The van der Waals surface area contributed by atoms with Crippen LogP contribution in [0.3, 0.4) is 0 Å². The molecular weight excluding hydrogens is 200 g/mol. The molecule has 0 amide bonds. The average molecular weight is 218 g/mol. The van der Waals surface area contributed by atoms with Crippen LogP contribution in [0.1, 0.15) is 36.0 Å². The van der Waals surface area contributed by atoms with Crippen LogP contribution in [0.4, 0.5) is 0 Å². The van der Waals surface area contributed by atoms with Crippen LogP contribution in [0, 0.1) is 0 Å². The van der Waals surface area contributed by atoms with Gasteiger partial charge in [0, 0.05) is 4.91 Å². The van der Waals surface area contributed by atoms with Gasteiger partial charge >= 0.3 is 0 Å². The number of rotatable bonds is 2. The molecule has 0 N–H and O–H groups in total. The molecule has 15 heavy (non-hydrogen) atoms.